The van der Waals surface area contributed by atoms with E-state index in [0.717, 1.165) is 5.01 Å². The van der Waals surface area contributed by atoms with Crippen molar-refractivity contribution in [2.75, 3.05) is 0 Å². The van der Waals surface area contributed by atoms with Crippen LogP contribution in [0.3, 0.4) is 0 Å². The first-order valence-corrected chi connectivity index (χ1v) is 9.15. The van der Waals surface area contributed by atoms with Gasteiger partial charge in [0.1, 0.15) is 17.0 Å². The molecule has 1 fully saturated rings. The zero-order chi connectivity index (χ0) is 20.3. The van der Waals surface area contributed by atoms with Crippen LogP contribution in [-0.4, -0.2) is 23.2 Å². The minimum Gasteiger partial charge on any atom is -0.457 e. The van der Waals surface area contributed by atoms with Gasteiger partial charge in [0.15, 0.2) is 0 Å². The fraction of sp³-hybridized carbons (Fsp3) is 0.0870. The molecular weight excluding hydrogens is 366 g/mol. The van der Waals surface area contributed by atoms with Crippen molar-refractivity contribution in [3.63, 3.8) is 0 Å². The monoisotopic (exact) mass is 385 g/mol. The van der Waals surface area contributed by atoms with Gasteiger partial charge in [0.05, 0.1) is 6.21 Å². The molecule has 0 saturated carbocycles. The van der Waals surface area contributed by atoms with Crippen LogP contribution < -0.4 is 10.1 Å². The van der Waals surface area contributed by atoms with Gasteiger partial charge >= 0.3 is 6.03 Å². The molecule has 0 aliphatic carbocycles. The molecular formula is C23H19N3O3. The van der Waals surface area contributed by atoms with Crippen LogP contribution in [0, 0.1) is 0 Å². The molecule has 0 unspecified atom stereocenters. The van der Waals surface area contributed by atoms with Crippen LogP contribution >= 0.6 is 0 Å². The molecule has 1 saturated heterocycles. The molecule has 1 N–H and O–H groups in total. The second-order valence-corrected chi connectivity index (χ2v) is 6.77. The molecule has 0 bridgehead atoms. The first kappa shape index (κ1) is 18.4. The minimum absolute atomic E-state index is 0.429. The average molecular weight is 385 g/mol. The highest BCUT2D eigenvalue weighted by Crippen LogP contribution is 2.29. The summed E-state index contributed by atoms with van der Waals surface area (Å²) in [5, 5.41) is 7.70. The summed E-state index contributed by atoms with van der Waals surface area (Å²) in [6.07, 6.45) is 1.46. The summed E-state index contributed by atoms with van der Waals surface area (Å²) < 4.78 is 5.80. The molecule has 3 aromatic rings. The molecule has 0 radical (unpaired) electrons. The Bertz CT molecular complexity index is 1070. The van der Waals surface area contributed by atoms with E-state index < -0.39 is 17.5 Å². The topological polar surface area (TPSA) is 71.0 Å². The van der Waals surface area contributed by atoms with Crippen LogP contribution in [0.15, 0.2) is 90.0 Å². The van der Waals surface area contributed by atoms with E-state index in [1.165, 1.54) is 6.21 Å². The number of hydrazone groups is 1. The summed E-state index contributed by atoms with van der Waals surface area (Å²) in [6, 6.07) is 25.2. The van der Waals surface area contributed by atoms with Crippen LogP contribution in [-0.2, 0) is 10.3 Å². The lowest BCUT2D eigenvalue weighted by Gasteiger charge is -2.20. The summed E-state index contributed by atoms with van der Waals surface area (Å²) in [5.41, 5.74) is 0.259. The molecule has 1 atom stereocenters. The van der Waals surface area contributed by atoms with Gasteiger partial charge in [-0.25, -0.2) is 4.79 Å². The van der Waals surface area contributed by atoms with Gasteiger partial charge < -0.3 is 10.1 Å². The maximum Gasteiger partial charge on any atom is 0.346 e. The van der Waals surface area contributed by atoms with Crippen LogP contribution in [0.4, 0.5) is 4.79 Å². The summed E-state index contributed by atoms with van der Waals surface area (Å²) in [6.45, 7) is 1.67. The van der Waals surface area contributed by atoms with E-state index in [4.69, 9.17) is 4.74 Å². The summed E-state index contributed by atoms with van der Waals surface area (Å²) in [7, 11) is 0. The predicted molar refractivity (Wildman–Crippen MR) is 110 cm³/mol. The Morgan fingerprint density at radius 3 is 2.28 bits per heavy atom. The second-order valence-electron chi connectivity index (χ2n) is 6.77. The number of hydrogen-bond donors (Lipinski definition) is 1. The maximum absolute atomic E-state index is 12.9. The summed E-state index contributed by atoms with van der Waals surface area (Å²) in [5.74, 6) is 0.919. The fourth-order valence-corrected chi connectivity index (χ4v) is 3.10. The van der Waals surface area contributed by atoms with Gasteiger partial charge in [-0.05, 0) is 42.3 Å². The molecule has 1 heterocycles. The van der Waals surface area contributed by atoms with Crippen molar-refractivity contribution in [1.82, 2.24) is 10.3 Å². The molecule has 0 spiro atoms. The number of amides is 3. The van der Waals surface area contributed by atoms with Gasteiger partial charge in [-0.2, -0.15) is 5.10 Å². The Balaban J connectivity index is 1.53. The number of benzene rings is 3. The van der Waals surface area contributed by atoms with Gasteiger partial charge in [0, 0.05) is 0 Å². The van der Waals surface area contributed by atoms with Crippen molar-refractivity contribution in [2.45, 2.75) is 12.5 Å². The number of rotatable bonds is 5. The second kappa shape index (κ2) is 7.59. The van der Waals surface area contributed by atoms with Crippen molar-refractivity contribution in [3.05, 3.63) is 96.1 Å². The Hall–Kier alpha value is -3.93. The van der Waals surface area contributed by atoms with Gasteiger partial charge in [0.2, 0.25) is 0 Å². The lowest BCUT2D eigenvalue weighted by molar-refractivity contribution is -0.131. The van der Waals surface area contributed by atoms with Crippen molar-refractivity contribution < 1.29 is 14.3 Å². The van der Waals surface area contributed by atoms with Crippen LogP contribution in [0.25, 0.3) is 0 Å². The molecule has 0 aromatic heterocycles. The third-order valence-electron chi connectivity index (χ3n) is 4.68. The first-order valence-electron chi connectivity index (χ1n) is 9.15. The lowest BCUT2D eigenvalue weighted by Crippen LogP contribution is -2.40. The zero-order valence-corrected chi connectivity index (χ0v) is 15.8. The highest BCUT2D eigenvalue weighted by Gasteiger charge is 2.49. The number of nitrogens with one attached hydrogen (secondary N) is 1. The number of carbonyl (C=O) groups is 2. The Morgan fingerprint density at radius 1 is 0.897 bits per heavy atom. The Labute approximate surface area is 168 Å². The van der Waals surface area contributed by atoms with Crippen LogP contribution in [0.1, 0.15) is 18.1 Å². The molecule has 29 heavy (non-hydrogen) atoms. The van der Waals surface area contributed by atoms with E-state index >= 15 is 0 Å². The molecule has 6 nitrogen and oxygen atoms in total. The average Bonchev–Trinajstić information content (AvgIpc) is 2.97. The maximum atomic E-state index is 12.9. The molecule has 6 heteroatoms. The predicted octanol–water partition coefficient (Wildman–Crippen LogP) is 4.28. The van der Waals surface area contributed by atoms with E-state index in [-0.39, 0.29) is 0 Å². The molecule has 1 aliphatic heterocycles. The fourth-order valence-electron chi connectivity index (χ4n) is 3.10. The van der Waals surface area contributed by atoms with Crippen LogP contribution in [0.2, 0.25) is 0 Å². The number of imide groups is 1. The lowest BCUT2D eigenvalue weighted by atomic mass is 9.92. The molecule has 1 aliphatic rings. The van der Waals surface area contributed by atoms with E-state index in [2.05, 4.69) is 10.4 Å². The minimum atomic E-state index is -1.14. The Morgan fingerprint density at radius 2 is 1.55 bits per heavy atom. The molecule has 144 valence electrons. The molecule has 4 rings (SSSR count). The number of urea groups is 1. The summed E-state index contributed by atoms with van der Waals surface area (Å²) in [4.78, 5) is 25.2. The number of carbonyl (C=O) groups excluding carboxylic acids is 2. The highest BCUT2D eigenvalue weighted by atomic mass is 16.5. The molecule has 3 aromatic carbocycles. The van der Waals surface area contributed by atoms with Crippen molar-refractivity contribution >= 4 is 18.2 Å². The van der Waals surface area contributed by atoms with Crippen molar-refractivity contribution in [3.8, 4) is 11.5 Å². The van der Waals surface area contributed by atoms with E-state index in [1.54, 1.807) is 25.1 Å². The van der Waals surface area contributed by atoms with Crippen LogP contribution in [0.5, 0.6) is 11.5 Å². The van der Waals surface area contributed by atoms with E-state index in [9.17, 15) is 9.59 Å². The normalized spacial score (nSPS) is 18.9. The van der Waals surface area contributed by atoms with Gasteiger partial charge in [0.25, 0.3) is 5.91 Å². The summed E-state index contributed by atoms with van der Waals surface area (Å²) >= 11 is 0. The van der Waals surface area contributed by atoms with E-state index in [1.807, 2.05) is 66.7 Å². The number of ether oxygens (including phenoxy) is 1. The standard InChI is InChI=1S/C23H19N3O3/c1-23(18-10-4-2-5-11-18)21(27)26(22(28)25-23)24-16-17-9-8-14-20(15-17)29-19-12-6-3-7-13-19/h2-16H,1H3,(H,25,28)/b24-16-/t23-/m1/s1. The first-order chi connectivity index (χ1) is 14.1. The quantitative estimate of drug-likeness (QED) is 0.526. The number of hydrogen-bond acceptors (Lipinski definition) is 4. The number of nitrogens with zero attached hydrogens (tertiary/aromatic N) is 2. The van der Waals surface area contributed by atoms with Gasteiger partial charge in [-0.1, -0.05) is 60.7 Å². The van der Waals surface area contributed by atoms with Crippen molar-refractivity contribution in [2.24, 2.45) is 5.10 Å². The van der Waals surface area contributed by atoms with E-state index in [0.29, 0.717) is 22.6 Å². The van der Waals surface area contributed by atoms with Gasteiger partial charge in [-0.15, -0.1) is 5.01 Å². The SMILES string of the molecule is C[C@]1(c2ccccc2)NC(=O)N(/N=C\c2cccc(Oc3ccccc3)c2)C1=O. The Kier molecular flexibility index (Phi) is 4.83. The van der Waals surface area contributed by atoms with Gasteiger partial charge in [-0.3, -0.25) is 4.79 Å². The third-order valence-corrected chi connectivity index (χ3v) is 4.68. The smallest absolute Gasteiger partial charge is 0.346 e. The largest absolute Gasteiger partial charge is 0.457 e. The molecule has 3 amide bonds. The third kappa shape index (κ3) is 3.73. The highest BCUT2D eigenvalue weighted by molar-refractivity contribution is 6.07. The van der Waals surface area contributed by atoms with Crippen molar-refractivity contribution in [1.29, 1.82) is 0 Å². The zero-order valence-electron chi connectivity index (χ0n) is 15.8. The number of para-hydroxylation sites is 1.